The first kappa shape index (κ1) is 8.99. The summed E-state index contributed by atoms with van der Waals surface area (Å²) in [5.41, 5.74) is 1.39. The van der Waals surface area contributed by atoms with Gasteiger partial charge in [-0.15, -0.1) is 0 Å². The molecule has 0 spiro atoms. The molecule has 0 aromatic heterocycles. The molecule has 0 aromatic rings. The van der Waals surface area contributed by atoms with Gasteiger partial charge in [0.25, 0.3) is 0 Å². The fourth-order valence-electron chi connectivity index (χ4n) is 1.92. The minimum atomic E-state index is -0.877. The van der Waals surface area contributed by atoms with Crippen LogP contribution in [-0.4, -0.2) is 34.9 Å². The van der Waals surface area contributed by atoms with Gasteiger partial charge in [-0.05, 0) is 13.0 Å². The summed E-state index contributed by atoms with van der Waals surface area (Å²) in [6.45, 7) is 1.96. The summed E-state index contributed by atoms with van der Waals surface area (Å²) in [5, 5.41) is 14.9. The number of carboxylic acids is 1. The van der Waals surface area contributed by atoms with E-state index in [1.807, 2.05) is 25.1 Å². The Labute approximate surface area is 82.2 Å². The van der Waals surface area contributed by atoms with Crippen molar-refractivity contribution in [2.75, 3.05) is 7.05 Å². The average Bonchev–Trinajstić information content (AvgIpc) is 2.42. The van der Waals surface area contributed by atoms with Crippen LogP contribution < -0.4 is 0 Å². The Kier molecular flexibility index (Phi) is 1.91. The van der Waals surface area contributed by atoms with Crippen molar-refractivity contribution in [3.8, 4) is 0 Å². The second-order valence-corrected chi connectivity index (χ2v) is 3.62. The minimum Gasteiger partial charge on any atom is -0.478 e. The number of hydrogen-bond donors (Lipinski definition) is 1. The predicted octanol–water partition coefficient (Wildman–Crippen LogP) is 0.873. The lowest BCUT2D eigenvalue weighted by Gasteiger charge is -2.22. The van der Waals surface area contributed by atoms with E-state index in [1.165, 1.54) is 0 Å². The molecule has 0 radical (unpaired) electrons. The number of carbonyl (C=O) groups is 1. The zero-order valence-electron chi connectivity index (χ0n) is 8.14. The predicted molar refractivity (Wildman–Crippen MR) is 53.0 cm³/mol. The van der Waals surface area contributed by atoms with Gasteiger partial charge in [-0.3, -0.25) is 5.01 Å². The Morgan fingerprint density at radius 3 is 3.00 bits per heavy atom. The summed E-state index contributed by atoms with van der Waals surface area (Å²) in [7, 11) is 1.86. The van der Waals surface area contributed by atoms with Crippen LogP contribution in [0.3, 0.4) is 0 Å². The average molecular weight is 192 g/mol. The second-order valence-electron chi connectivity index (χ2n) is 3.62. The Morgan fingerprint density at radius 2 is 2.36 bits per heavy atom. The molecule has 0 aromatic carbocycles. The van der Waals surface area contributed by atoms with Crippen LogP contribution in [0.1, 0.15) is 6.92 Å². The van der Waals surface area contributed by atoms with Crippen molar-refractivity contribution >= 4 is 11.7 Å². The lowest BCUT2D eigenvalue weighted by molar-refractivity contribution is -0.132. The Bertz CT molecular complexity index is 368. The Morgan fingerprint density at radius 1 is 1.64 bits per heavy atom. The van der Waals surface area contributed by atoms with Crippen LogP contribution in [0.2, 0.25) is 0 Å². The van der Waals surface area contributed by atoms with Crippen LogP contribution in [0, 0.1) is 5.92 Å². The molecule has 0 fully saturated rings. The monoisotopic (exact) mass is 192 g/mol. The molecular formula is C10H12N2O2. The van der Waals surface area contributed by atoms with Crippen molar-refractivity contribution < 1.29 is 9.90 Å². The van der Waals surface area contributed by atoms with Gasteiger partial charge >= 0.3 is 5.97 Å². The van der Waals surface area contributed by atoms with Crippen LogP contribution in [-0.2, 0) is 4.79 Å². The minimum absolute atomic E-state index is 0.0751. The second kappa shape index (κ2) is 2.97. The molecular weight excluding hydrogens is 180 g/mol. The normalized spacial score (nSPS) is 29.7. The van der Waals surface area contributed by atoms with E-state index in [2.05, 4.69) is 5.10 Å². The molecule has 2 aliphatic rings. The number of aliphatic carboxylic acids is 1. The fourth-order valence-corrected chi connectivity index (χ4v) is 1.92. The number of likely N-dealkylation sites (N-methyl/N-ethyl adjacent to an activating group) is 1. The van der Waals surface area contributed by atoms with Crippen molar-refractivity contribution in [1.82, 2.24) is 5.01 Å². The lowest BCUT2D eigenvalue weighted by atomic mass is 9.89. The maximum absolute atomic E-state index is 10.8. The van der Waals surface area contributed by atoms with Gasteiger partial charge < -0.3 is 5.11 Å². The van der Waals surface area contributed by atoms with E-state index in [1.54, 1.807) is 12.2 Å². The largest absolute Gasteiger partial charge is 0.478 e. The Hall–Kier alpha value is -1.58. The summed E-state index contributed by atoms with van der Waals surface area (Å²) in [6.07, 6.45) is 5.32. The van der Waals surface area contributed by atoms with E-state index >= 15 is 0 Å². The first-order valence-corrected chi connectivity index (χ1v) is 4.51. The van der Waals surface area contributed by atoms with Crippen LogP contribution in [0.4, 0.5) is 0 Å². The molecule has 2 atom stereocenters. The quantitative estimate of drug-likeness (QED) is 0.670. The van der Waals surface area contributed by atoms with Gasteiger partial charge in [0.05, 0.1) is 11.6 Å². The number of rotatable bonds is 1. The molecule has 0 saturated carbocycles. The third kappa shape index (κ3) is 1.23. The highest BCUT2D eigenvalue weighted by Crippen LogP contribution is 2.27. The van der Waals surface area contributed by atoms with Gasteiger partial charge in [0, 0.05) is 18.7 Å². The number of carboxylic acid groups (broad SMARTS) is 1. The lowest BCUT2D eigenvalue weighted by Crippen LogP contribution is -2.30. The maximum atomic E-state index is 10.8. The van der Waals surface area contributed by atoms with E-state index in [0.717, 1.165) is 5.71 Å². The molecule has 0 amide bonds. The van der Waals surface area contributed by atoms with E-state index in [4.69, 9.17) is 5.11 Å². The fraction of sp³-hybridized carbons (Fsp3) is 0.400. The molecule has 0 saturated heterocycles. The molecule has 1 heterocycles. The first-order chi connectivity index (χ1) is 6.59. The molecule has 0 bridgehead atoms. The van der Waals surface area contributed by atoms with E-state index < -0.39 is 5.97 Å². The molecule has 4 heteroatoms. The number of hydrazone groups is 1. The highest BCUT2D eigenvalue weighted by atomic mass is 16.4. The van der Waals surface area contributed by atoms with Gasteiger partial charge in [-0.25, -0.2) is 4.79 Å². The third-order valence-corrected chi connectivity index (χ3v) is 2.68. The van der Waals surface area contributed by atoms with Crippen molar-refractivity contribution in [3.05, 3.63) is 23.8 Å². The summed E-state index contributed by atoms with van der Waals surface area (Å²) in [6, 6.07) is 0.0751. The zero-order chi connectivity index (χ0) is 10.3. The van der Waals surface area contributed by atoms with Crippen LogP contribution in [0.5, 0.6) is 0 Å². The molecule has 2 rings (SSSR count). The van der Waals surface area contributed by atoms with Crippen molar-refractivity contribution in [3.63, 3.8) is 0 Å². The van der Waals surface area contributed by atoms with Crippen LogP contribution >= 0.6 is 0 Å². The van der Waals surface area contributed by atoms with Crippen molar-refractivity contribution in [1.29, 1.82) is 0 Å². The smallest absolute Gasteiger partial charge is 0.335 e. The third-order valence-electron chi connectivity index (χ3n) is 2.68. The highest BCUT2D eigenvalue weighted by Gasteiger charge is 2.32. The number of nitrogens with zero attached hydrogens (tertiary/aromatic N) is 2. The number of hydrogen-bond acceptors (Lipinski definition) is 3. The van der Waals surface area contributed by atoms with Gasteiger partial charge in [-0.2, -0.15) is 5.10 Å². The van der Waals surface area contributed by atoms with Crippen LogP contribution in [0.15, 0.2) is 28.9 Å². The zero-order valence-corrected chi connectivity index (χ0v) is 8.14. The highest BCUT2D eigenvalue weighted by molar-refractivity contribution is 5.93. The molecule has 1 N–H and O–H groups in total. The van der Waals surface area contributed by atoms with E-state index in [0.29, 0.717) is 5.57 Å². The summed E-state index contributed by atoms with van der Waals surface area (Å²) in [5.74, 6) is -0.638. The van der Waals surface area contributed by atoms with Gasteiger partial charge in [0.2, 0.25) is 0 Å². The molecule has 4 nitrogen and oxygen atoms in total. The van der Waals surface area contributed by atoms with Crippen molar-refractivity contribution in [2.45, 2.75) is 13.0 Å². The number of fused-ring (bicyclic) bond motifs is 1. The molecule has 1 aliphatic carbocycles. The topological polar surface area (TPSA) is 52.9 Å². The maximum Gasteiger partial charge on any atom is 0.335 e. The van der Waals surface area contributed by atoms with Crippen LogP contribution in [0.25, 0.3) is 0 Å². The van der Waals surface area contributed by atoms with E-state index in [-0.39, 0.29) is 12.0 Å². The standard InChI is InChI=1S/C10H12N2O2/c1-6-8-4-3-7(10(13)14)5-9(8)12(2)11-6/h3-5,8-9H,1-2H3,(H,13,14). The van der Waals surface area contributed by atoms with E-state index in [9.17, 15) is 4.79 Å². The summed E-state index contributed by atoms with van der Waals surface area (Å²) < 4.78 is 0. The SMILES string of the molecule is CC1=NN(C)C2C=C(C(=O)O)C=CC12. The summed E-state index contributed by atoms with van der Waals surface area (Å²) >= 11 is 0. The first-order valence-electron chi connectivity index (χ1n) is 4.51. The van der Waals surface area contributed by atoms with Gasteiger partial charge in [-0.1, -0.05) is 12.2 Å². The molecule has 1 aliphatic heterocycles. The van der Waals surface area contributed by atoms with Crippen molar-refractivity contribution in [2.24, 2.45) is 11.0 Å². The van der Waals surface area contributed by atoms with Gasteiger partial charge in [0.15, 0.2) is 0 Å². The molecule has 14 heavy (non-hydrogen) atoms. The summed E-state index contributed by atoms with van der Waals surface area (Å²) in [4.78, 5) is 10.8. The Balaban J connectivity index is 2.30. The van der Waals surface area contributed by atoms with Gasteiger partial charge in [0.1, 0.15) is 0 Å². The molecule has 74 valence electrons. The molecule has 2 unspecified atom stereocenters.